The zero-order valence-electron chi connectivity index (χ0n) is 12.0. The van der Waals surface area contributed by atoms with Crippen molar-refractivity contribution in [3.63, 3.8) is 0 Å². The maximum atomic E-state index is 11.7. The third kappa shape index (κ3) is 5.07. The molecule has 0 aromatic rings. The molecular formula is C14H25NO3. The van der Waals surface area contributed by atoms with E-state index in [1.807, 2.05) is 27.7 Å². The van der Waals surface area contributed by atoms with Gasteiger partial charge in [-0.2, -0.15) is 0 Å². The summed E-state index contributed by atoms with van der Waals surface area (Å²) in [4.78, 5) is 24.8. The molecule has 4 nitrogen and oxygen atoms in total. The zero-order valence-corrected chi connectivity index (χ0v) is 12.0. The lowest BCUT2D eigenvalue weighted by Crippen LogP contribution is -2.51. The highest BCUT2D eigenvalue weighted by Crippen LogP contribution is 2.23. The lowest BCUT2D eigenvalue weighted by molar-refractivity contribution is -0.119. The Hall–Kier alpha value is -1.06. The summed E-state index contributed by atoms with van der Waals surface area (Å²) >= 11 is 0. The molecule has 0 bridgehead atoms. The molecule has 1 heterocycles. The van der Waals surface area contributed by atoms with Gasteiger partial charge in [0, 0.05) is 25.9 Å². The third-order valence-corrected chi connectivity index (χ3v) is 2.97. The number of carbonyl (C=O) groups is 2. The van der Waals surface area contributed by atoms with Crippen LogP contribution < -0.4 is 0 Å². The summed E-state index contributed by atoms with van der Waals surface area (Å²) < 4.78 is 5.27. The van der Waals surface area contributed by atoms with E-state index in [1.165, 1.54) is 0 Å². The smallest absolute Gasteiger partial charge is 0.410 e. The molecule has 0 atom stereocenters. The van der Waals surface area contributed by atoms with Crippen molar-refractivity contribution in [2.24, 2.45) is 5.92 Å². The van der Waals surface area contributed by atoms with Crippen LogP contribution in [0, 0.1) is 5.92 Å². The van der Waals surface area contributed by atoms with Gasteiger partial charge in [-0.25, -0.2) is 4.79 Å². The fourth-order valence-electron chi connectivity index (χ4n) is 2.00. The predicted octanol–water partition coefficient (Wildman–Crippen LogP) is 3.00. The largest absolute Gasteiger partial charge is 0.444 e. The minimum Gasteiger partial charge on any atom is -0.444 e. The van der Waals surface area contributed by atoms with Crippen LogP contribution in [0.25, 0.3) is 0 Å². The second kappa shape index (κ2) is 6.21. The van der Waals surface area contributed by atoms with Crippen LogP contribution in [0.5, 0.6) is 0 Å². The normalized spacial score (nSPS) is 16.3. The van der Waals surface area contributed by atoms with Crippen LogP contribution >= 0.6 is 0 Å². The average molecular weight is 255 g/mol. The maximum Gasteiger partial charge on any atom is 0.410 e. The van der Waals surface area contributed by atoms with Gasteiger partial charge in [0.25, 0.3) is 0 Å². The van der Waals surface area contributed by atoms with Crippen molar-refractivity contribution < 1.29 is 14.3 Å². The Bertz CT molecular complexity index is 301. The molecule has 0 saturated carbocycles. The Morgan fingerprint density at radius 3 is 2.33 bits per heavy atom. The number of carbonyl (C=O) groups excluding carboxylic acids is 2. The first-order chi connectivity index (χ1) is 8.31. The number of ether oxygens (including phenoxy) is 1. The second-order valence-corrected chi connectivity index (χ2v) is 6.08. The van der Waals surface area contributed by atoms with Crippen LogP contribution in [0.4, 0.5) is 4.79 Å². The van der Waals surface area contributed by atoms with Crippen LogP contribution in [0.2, 0.25) is 0 Å². The molecule has 0 spiro atoms. The summed E-state index contributed by atoms with van der Waals surface area (Å²) in [5, 5.41) is 0. The average Bonchev–Trinajstić information content (AvgIpc) is 2.12. The van der Waals surface area contributed by atoms with E-state index < -0.39 is 5.60 Å². The number of likely N-dealkylation sites (tertiary alicyclic amines) is 1. The molecule has 1 aliphatic rings. The molecular weight excluding hydrogens is 230 g/mol. The number of nitrogens with zero attached hydrogens (tertiary/aromatic N) is 1. The van der Waals surface area contributed by atoms with Gasteiger partial charge in [-0.1, -0.05) is 6.92 Å². The Labute approximate surface area is 110 Å². The number of hydrogen-bond acceptors (Lipinski definition) is 3. The first-order valence-electron chi connectivity index (χ1n) is 6.81. The molecule has 1 rings (SSSR count). The lowest BCUT2D eigenvalue weighted by atomic mass is 9.93. The van der Waals surface area contributed by atoms with Crippen molar-refractivity contribution in [3.05, 3.63) is 0 Å². The van der Waals surface area contributed by atoms with Gasteiger partial charge in [-0.05, 0) is 39.5 Å². The molecule has 0 aromatic heterocycles. The van der Waals surface area contributed by atoms with Crippen LogP contribution in [0.15, 0.2) is 0 Å². The SMILES string of the molecule is CCCC(=O)CCC1CN(C(=O)OC(C)(C)C)C1. The third-order valence-electron chi connectivity index (χ3n) is 2.97. The van der Waals surface area contributed by atoms with Crippen molar-refractivity contribution in [1.82, 2.24) is 4.90 Å². The van der Waals surface area contributed by atoms with Crippen LogP contribution in [0.3, 0.4) is 0 Å². The Kier molecular flexibility index (Phi) is 5.17. The van der Waals surface area contributed by atoms with Gasteiger partial charge in [-0.3, -0.25) is 4.79 Å². The van der Waals surface area contributed by atoms with Crippen LogP contribution in [0.1, 0.15) is 53.4 Å². The van der Waals surface area contributed by atoms with E-state index in [9.17, 15) is 9.59 Å². The van der Waals surface area contributed by atoms with Crippen molar-refractivity contribution in [2.45, 2.75) is 59.0 Å². The first-order valence-corrected chi connectivity index (χ1v) is 6.81. The van der Waals surface area contributed by atoms with Gasteiger partial charge >= 0.3 is 6.09 Å². The van der Waals surface area contributed by atoms with E-state index in [0.717, 1.165) is 25.9 Å². The van der Waals surface area contributed by atoms with E-state index in [2.05, 4.69) is 0 Å². The monoisotopic (exact) mass is 255 g/mol. The molecule has 1 aliphatic heterocycles. The summed E-state index contributed by atoms with van der Waals surface area (Å²) in [6.07, 6.45) is 2.92. The quantitative estimate of drug-likeness (QED) is 0.758. The summed E-state index contributed by atoms with van der Waals surface area (Å²) in [5.74, 6) is 0.812. The van der Waals surface area contributed by atoms with Crippen molar-refractivity contribution in [1.29, 1.82) is 0 Å². The summed E-state index contributed by atoms with van der Waals surface area (Å²) in [5.41, 5.74) is -0.431. The van der Waals surface area contributed by atoms with Crippen LogP contribution in [-0.4, -0.2) is 35.5 Å². The van der Waals surface area contributed by atoms with Gasteiger partial charge in [0.1, 0.15) is 11.4 Å². The second-order valence-electron chi connectivity index (χ2n) is 6.08. The van der Waals surface area contributed by atoms with Gasteiger partial charge in [0.05, 0.1) is 0 Å². The van der Waals surface area contributed by atoms with E-state index in [4.69, 9.17) is 4.74 Å². The topological polar surface area (TPSA) is 46.6 Å². The molecule has 0 aliphatic carbocycles. The molecule has 18 heavy (non-hydrogen) atoms. The molecule has 4 heteroatoms. The van der Waals surface area contributed by atoms with E-state index in [-0.39, 0.29) is 6.09 Å². The lowest BCUT2D eigenvalue weighted by Gasteiger charge is -2.39. The molecule has 104 valence electrons. The summed E-state index contributed by atoms with van der Waals surface area (Å²) in [7, 11) is 0. The van der Waals surface area contributed by atoms with Gasteiger partial charge in [0.15, 0.2) is 0 Å². The minimum absolute atomic E-state index is 0.237. The minimum atomic E-state index is -0.431. The van der Waals surface area contributed by atoms with Crippen molar-refractivity contribution in [2.75, 3.05) is 13.1 Å². The highest BCUT2D eigenvalue weighted by molar-refractivity contribution is 5.78. The number of amides is 1. The Balaban J connectivity index is 2.16. The highest BCUT2D eigenvalue weighted by Gasteiger charge is 2.33. The van der Waals surface area contributed by atoms with Gasteiger partial charge in [0.2, 0.25) is 0 Å². The molecule has 0 N–H and O–H groups in total. The number of ketones is 1. The number of hydrogen-bond donors (Lipinski definition) is 0. The maximum absolute atomic E-state index is 11.7. The molecule has 0 unspecified atom stereocenters. The highest BCUT2D eigenvalue weighted by atomic mass is 16.6. The van der Waals surface area contributed by atoms with E-state index in [0.29, 0.717) is 24.5 Å². The summed E-state index contributed by atoms with van der Waals surface area (Å²) in [6, 6.07) is 0. The molecule has 1 amide bonds. The van der Waals surface area contributed by atoms with Crippen molar-refractivity contribution >= 4 is 11.9 Å². The Morgan fingerprint density at radius 1 is 1.22 bits per heavy atom. The predicted molar refractivity (Wildman–Crippen MR) is 70.4 cm³/mol. The fraction of sp³-hybridized carbons (Fsp3) is 0.857. The molecule has 0 aromatic carbocycles. The van der Waals surface area contributed by atoms with Gasteiger partial charge < -0.3 is 9.64 Å². The number of rotatable bonds is 5. The van der Waals surface area contributed by atoms with Gasteiger partial charge in [-0.15, -0.1) is 0 Å². The number of Topliss-reactive ketones (excluding diaryl/α,β-unsaturated/α-hetero) is 1. The first kappa shape index (κ1) is 15.0. The zero-order chi connectivity index (χ0) is 13.8. The van der Waals surface area contributed by atoms with E-state index >= 15 is 0 Å². The van der Waals surface area contributed by atoms with Crippen molar-refractivity contribution in [3.8, 4) is 0 Å². The van der Waals surface area contributed by atoms with E-state index in [1.54, 1.807) is 4.90 Å². The van der Waals surface area contributed by atoms with Crippen LogP contribution in [-0.2, 0) is 9.53 Å². The fourth-order valence-corrected chi connectivity index (χ4v) is 2.00. The standard InChI is InChI=1S/C14H25NO3/c1-5-6-12(16)8-7-11-9-15(10-11)13(17)18-14(2,3)4/h11H,5-10H2,1-4H3. The Morgan fingerprint density at radius 2 is 1.83 bits per heavy atom. The molecule has 0 radical (unpaired) electrons. The molecule has 1 saturated heterocycles. The summed E-state index contributed by atoms with van der Waals surface area (Å²) in [6.45, 7) is 9.08. The molecule has 1 fully saturated rings.